The largest absolute Gasteiger partial charge is 0.417 e. The second kappa shape index (κ2) is 6.29. The molecule has 2 N–H and O–H groups in total. The SMILES string of the molecule is O=C(CC1c2cccc(C(F)(F)F)c2S(=O)(=O)N1c1ccccc1)NO. The summed E-state index contributed by atoms with van der Waals surface area (Å²) >= 11 is 0. The van der Waals surface area contributed by atoms with Gasteiger partial charge in [-0.05, 0) is 23.8 Å². The van der Waals surface area contributed by atoms with Gasteiger partial charge in [-0.3, -0.25) is 14.3 Å². The third-order valence-corrected chi connectivity index (χ3v) is 5.98. The Balaban J connectivity index is 2.27. The van der Waals surface area contributed by atoms with E-state index in [0.717, 1.165) is 10.4 Å². The highest BCUT2D eigenvalue weighted by atomic mass is 32.2. The third kappa shape index (κ3) is 2.90. The Bertz CT molecular complexity index is 946. The smallest absolute Gasteiger partial charge is 0.289 e. The van der Waals surface area contributed by atoms with Crippen LogP contribution in [-0.2, 0) is 21.0 Å². The quantitative estimate of drug-likeness (QED) is 0.627. The first-order chi connectivity index (χ1) is 12.2. The van der Waals surface area contributed by atoms with Crippen LogP contribution in [0.25, 0.3) is 0 Å². The molecule has 1 atom stereocenters. The van der Waals surface area contributed by atoms with Crippen molar-refractivity contribution in [2.24, 2.45) is 0 Å². The van der Waals surface area contributed by atoms with E-state index in [1.165, 1.54) is 35.8 Å². The number of carbonyl (C=O) groups excluding carboxylic acids is 1. The van der Waals surface area contributed by atoms with Crippen molar-refractivity contribution in [1.29, 1.82) is 0 Å². The number of nitrogens with zero attached hydrogens (tertiary/aromatic N) is 1. The average molecular weight is 386 g/mol. The lowest BCUT2D eigenvalue weighted by atomic mass is 10.00. The van der Waals surface area contributed by atoms with Crippen LogP contribution in [0.4, 0.5) is 18.9 Å². The van der Waals surface area contributed by atoms with Gasteiger partial charge in [0, 0.05) is 0 Å². The van der Waals surface area contributed by atoms with Gasteiger partial charge in [0.1, 0.15) is 4.90 Å². The van der Waals surface area contributed by atoms with Crippen molar-refractivity contribution in [3.63, 3.8) is 0 Å². The molecule has 2 aromatic rings. The molecular weight excluding hydrogens is 373 g/mol. The molecule has 0 radical (unpaired) electrons. The number of carbonyl (C=O) groups is 1. The number of rotatable bonds is 3. The molecule has 26 heavy (non-hydrogen) atoms. The lowest BCUT2D eigenvalue weighted by Crippen LogP contribution is -2.32. The number of hydroxylamine groups is 1. The van der Waals surface area contributed by atoms with Crippen LogP contribution >= 0.6 is 0 Å². The zero-order valence-electron chi connectivity index (χ0n) is 13.1. The van der Waals surface area contributed by atoms with E-state index in [4.69, 9.17) is 5.21 Å². The molecule has 0 spiro atoms. The fourth-order valence-electron chi connectivity index (χ4n) is 3.03. The Morgan fingerprint density at radius 1 is 1.12 bits per heavy atom. The van der Waals surface area contributed by atoms with Gasteiger partial charge in [-0.1, -0.05) is 30.3 Å². The number of fused-ring (bicyclic) bond motifs is 1. The van der Waals surface area contributed by atoms with Gasteiger partial charge in [0.25, 0.3) is 10.0 Å². The number of halogens is 3. The minimum Gasteiger partial charge on any atom is -0.289 e. The van der Waals surface area contributed by atoms with E-state index in [1.54, 1.807) is 6.07 Å². The molecule has 1 amide bonds. The van der Waals surface area contributed by atoms with Crippen LogP contribution in [0, 0.1) is 0 Å². The van der Waals surface area contributed by atoms with E-state index >= 15 is 0 Å². The second-order valence-electron chi connectivity index (χ2n) is 5.61. The van der Waals surface area contributed by atoms with E-state index < -0.39 is 45.0 Å². The van der Waals surface area contributed by atoms with Crippen LogP contribution < -0.4 is 9.79 Å². The summed E-state index contributed by atoms with van der Waals surface area (Å²) in [5, 5.41) is 8.77. The molecular formula is C16H13F3N2O4S. The predicted octanol–water partition coefficient (Wildman–Crippen LogP) is 2.85. The summed E-state index contributed by atoms with van der Waals surface area (Å²) in [5.41, 5.74) is 0.0673. The number of benzene rings is 2. The summed E-state index contributed by atoms with van der Waals surface area (Å²) in [6.07, 6.45) is -5.42. The van der Waals surface area contributed by atoms with Crippen LogP contribution in [-0.4, -0.2) is 19.5 Å². The van der Waals surface area contributed by atoms with Crippen LogP contribution in [0.15, 0.2) is 53.4 Å². The van der Waals surface area contributed by atoms with Gasteiger partial charge in [0.15, 0.2) is 0 Å². The minimum atomic E-state index is -4.88. The number of hydrogen-bond donors (Lipinski definition) is 2. The standard InChI is InChI=1S/C16H13F3N2O4S/c17-16(18,19)12-8-4-7-11-13(9-14(22)20-23)21(26(24,25)15(11)12)10-5-2-1-3-6-10/h1-8,13,23H,9H2,(H,20,22). The third-order valence-electron chi connectivity index (χ3n) is 4.02. The molecule has 1 aliphatic rings. The minimum absolute atomic E-state index is 0.118. The first-order valence-corrected chi connectivity index (χ1v) is 8.84. The molecule has 2 aromatic carbocycles. The van der Waals surface area contributed by atoms with Gasteiger partial charge in [-0.2, -0.15) is 13.2 Å². The van der Waals surface area contributed by atoms with Crippen molar-refractivity contribution in [2.75, 3.05) is 4.31 Å². The number of alkyl halides is 3. The van der Waals surface area contributed by atoms with Gasteiger partial charge in [0.2, 0.25) is 5.91 Å². The molecule has 3 rings (SSSR count). The van der Waals surface area contributed by atoms with Gasteiger partial charge in [0.05, 0.1) is 23.7 Å². The van der Waals surface area contributed by atoms with E-state index in [2.05, 4.69) is 0 Å². The fraction of sp³-hybridized carbons (Fsp3) is 0.188. The van der Waals surface area contributed by atoms with Crippen LogP contribution in [0.1, 0.15) is 23.6 Å². The Morgan fingerprint density at radius 3 is 2.35 bits per heavy atom. The normalized spacial score (nSPS) is 18.5. The van der Waals surface area contributed by atoms with Crippen molar-refractivity contribution < 1.29 is 31.6 Å². The molecule has 10 heteroatoms. The molecule has 0 aromatic heterocycles. The fourth-order valence-corrected chi connectivity index (χ4v) is 5.11. The number of anilines is 1. The Kier molecular flexibility index (Phi) is 4.41. The summed E-state index contributed by atoms with van der Waals surface area (Å²) in [5.74, 6) is -0.920. The maximum absolute atomic E-state index is 13.4. The molecule has 6 nitrogen and oxygen atoms in total. The molecule has 0 fully saturated rings. The van der Waals surface area contributed by atoms with Gasteiger partial charge in [-0.15, -0.1) is 0 Å². The zero-order valence-corrected chi connectivity index (χ0v) is 13.9. The van der Waals surface area contributed by atoms with Crippen molar-refractivity contribution in [2.45, 2.75) is 23.5 Å². The van der Waals surface area contributed by atoms with Crippen LogP contribution in [0.5, 0.6) is 0 Å². The molecule has 0 saturated carbocycles. The second-order valence-corrected chi connectivity index (χ2v) is 7.36. The highest BCUT2D eigenvalue weighted by Crippen LogP contribution is 2.48. The molecule has 0 saturated heterocycles. The number of hydrogen-bond acceptors (Lipinski definition) is 4. The van der Waals surface area contributed by atoms with Crippen molar-refractivity contribution in [3.8, 4) is 0 Å². The maximum atomic E-state index is 13.4. The van der Waals surface area contributed by atoms with E-state index in [-0.39, 0.29) is 11.3 Å². The lowest BCUT2D eigenvalue weighted by Gasteiger charge is -2.25. The topological polar surface area (TPSA) is 86.7 Å². The van der Waals surface area contributed by atoms with Gasteiger partial charge in [-0.25, -0.2) is 13.9 Å². The Hall–Kier alpha value is -2.59. The highest BCUT2D eigenvalue weighted by molar-refractivity contribution is 7.93. The molecule has 0 bridgehead atoms. The molecule has 1 aliphatic heterocycles. The van der Waals surface area contributed by atoms with E-state index in [0.29, 0.717) is 6.07 Å². The first-order valence-electron chi connectivity index (χ1n) is 7.40. The molecule has 0 aliphatic carbocycles. The van der Waals surface area contributed by atoms with E-state index in [1.807, 2.05) is 0 Å². The first kappa shape index (κ1) is 18.2. The lowest BCUT2D eigenvalue weighted by molar-refractivity contribution is -0.139. The summed E-state index contributed by atoms with van der Waals surface area (Å²) in [6, 6.07) is 9.32. The molecule has 1 heterocycles. The summed E-state index contributed by atoms with van der Waals surface area (Å²) in [7, 11) is -4.56. The van der Waals surface area contributed by atoms with Crippen molar-refractivity contribution in [1.82, 2.24) is 5.48 Å². The number of nitrogens with one attached hydrogen (secondary N) is 1. The van der Waals surface area contributed by atoms with Gasteiger partial charge < -0.3 is 0 Å². The predicted molar refractivity (Wildman–Crippen MR) is 84.8 cm³/mol. The highest BCUT2D eigenvalue weighted by Gasteiger charge is 2.49. The van der Waals surface area contributed by atoms with E-state index in [9.17, 15) is 26.4 Å². The molecule has 138 valence electrons. The number of amides is 1. The van der Waals surface area contributed by atoms with Crippen LogP contribution in [0.3, 0.4) is 0 Å². The monoisotopic (exact) mass is 386 g/mol. The Morgan fingerprint density at radius 2 is 1.77 bits per heavy atom. The number of para-hydroxylation sites is 1. The van der Waals surface area contributed by atoms with Crippen molar-refractivity contribution in [3.05, 3.63) is 59.7 Å². The average Bonchev–Trinajstić information content (AvgIpc) is 2.82. The Labute approximate surface area is 146 Å². The maximum Gasteiger partial charge on any atom is 0.417 e. The summed E-state index contributed by atoms with van der Waals surface area (Å²) in [6.45, 7) is 0. The van der Waals surface area contributed by atoms with Crippen LogP contribution in [0.2, 0.25) is 0 Å². The zero-order chi connectivity index (χ0) is 19.1. The summed E-state index contributed by atoms with van der Waals surface area (Å²) in [4.78, 5) is 10.8. The summed E-state index contributed by atoms with van der Waals surface area (Å²) < 4.78 is 66.8. The number of sulfonamides is 1. The molecule has 1 unspecified atom stereocenters. The van der Waals surface area contributed by atoms with Gasteiger partial charge >= 0.3 is 6.18 Å². The van der Waals surface area contributed by atoms with Crippen molar-refractivity contribution >= 4 is 21.6 Å².